The zero-order valence-electron chi connectivity index (χ0n) is 13.2. The highest BCUT2D eigenvalue weighted by Gasteiger charge is 2.34. The van der Waals surface area contributed by atoms with E-state index in [9.17, 15) is 4.79 Å². The summed E-state index contributed by atoms with van der Waals surface area (Å²) in [4.78, 5) is 14.3. The van der Waals surface area contributed by atoms with E-state index in [0.29, 0.717) is 0 Å². The molecule has 2 rings (SSSR count). The van der Waals surface area contributed by atoms with Crippen LogP contribution < -0.4 is 11.1 Å². The molecule has 1 amide bonds. The molecular weight excluding hydrogens is 250 g/mol. The molecule has 0 heterocycles. The van der Waals surface area contributed by atoms with Gasteiger partial charge in [-0.1, -0.05) is 6.92 Å². The molecule has 4 nitrogen and oxygen atoms in total. The Morgan fingerprint density at radius 2 is 2.05 bits per heavy atom. The molecule has 2 aliphatic carbocycles. The Hall–Kier alpha value is -0.610. The predicted octanol–water partition coefficient (Wildman–Crippen LogP) is 1.88. The van der Waals surface area contributed by atoms with Crippen molar-refractivity contribution in [3.05, 3.63) is 0 Å². The molecule has 0 bridgehead atoms. The van der Waals surface area contributed by atoms with Crippen molar-refractivity contribution in [3.63, 3.8) is 0 Å². The fraction of sp³-hybridized carbons (Fsp3) is 0.938. The molecule has 0 spiro atoms. The number of primary amides is 1. The first kappa shape index (κ1) is 15.8. The highest BCUT2D eigenvalue weighted by Crippen LogP contribution is 2.35. The summed E-state index contributed by atoms with van der Waals surface area (Å²) in [5.41, 5.74) is 5.04. The quantitative estimate of drug-likeness (QED) is 0.608. The molecule has 0 aromatic carbocycles. The van der Waals surface area contributed by atoms with Crippen LogP contribution in [0.3, 0.4) is 0 Å². The minimum absolute atomic E-state index is 0.217. The van der Waals surface area contributed by atoms with Crippen LogP contribution in [0.1, 0.15) is 58.8 Å². The molecule has 0 saturated heterocycles. The van der Waals surface area contributed by atoms with Crippen LogP contribution in [0, 0.1) is 5.92 Å². The monoisotopic (exact) mass is 281 g/mol. The van der Waals surface area contributed by atoms with Gasteiger partial charge in [-0.25, -0.2) is 0 Å². The molecule has 0 aliphatic heterocycles. The van der Waals surface area contributed by atoms with Gasteiger partial charge in [-0.15, -0.1) is 0 Å². The van der Waals surface area contributed by atoms with Crippen molar-refractivity contribution >= 4 is 5.91 Å². The SMILES string of the molecule is CCCNC(C)(CCCN(CC1CC1)C1CC1)C(N)=O. The van der Waals surface area contributed by atoms with E-state index in [4.69, 9.17) is 5.73 Å². The van der Waals surface area contributed by atoms with Crippen LogP contribution >= 0.6 is 0 Å². The molecule has 0 aromatic heterocycles. The third-order valence-corrected chi connectivity index (χ3v) is 4.68. The second kappa shape index (κ2) is 6.90. The molecule has 0 radical (unpaired) electrons. The van der Waals surface area contributed by atoms with Crippen molar-refractivity contribution < 1.29 is 4.79 Å². The summed E-state index contributed by atoms with van der Waals surface area (Å²) in [7, 11) is 0. The van der Waals surface area contributed by atoms with Crippen molar-refractivity contribution in [3.8, 4) is 0 Å². The number of amides is 1. The largest absolute Gasteiger partial charge is 0.368 e. The summed E-state index contributed by atoms with van der Waals surface area (Å²) >= 11 is 0. The standard InChI is InChI=1S/C16H31N3O/c1-3-10-18-16(2,15(17)20)9-4-11-19(14-7-8-14)12-13-5-6-13/h13-14,18H,3-12H2,1-2H3,(H2,17,20). The molecule has 1 unspecified atom stereocenters. The molecular formula is C16H31N3O. The average molecular weight is 281 g/mol. The Balaban J connectivity index is 1.74. The van der Waals surface area contributed by atoms with Crippen LogP contribution in [-0.2, 0) is 4.79 Å². The van der Waals surface area contributed by atoms with Crippen LogP contribution in [0.15, 0.2) is 0 Å². The molecule has 2 saturated carbocycles. The third-order valence-electron chi connectivity index (χ3n) is 4.68. The van der Waals surface area contributed by atoms with E-state index in [0.717, 1.165) is 44.3 Å². The number of carbonyl (C=O) groups is 1. The molecule has 3 N–H and O–H groups in total. The summed E-state index contributed by atoms with van der Waals surface area (Å²) in [5, 5.41) is 3.32. The van der Waals surface area contributed by atoms with Crippen molar-refractivity contribution in [2.75, 3.05) is 19.6 Å². The Bertz CT molecular complexity index is 326. The maximum Gasteiger partial charge on any atom is 0.237 e. The molecule has 20 heavy (non-hydrogen) atoms. The fourth-order valence-corrected chi connectivity index (χ4v) is 2.83. The Kier molecular flexibility index (Phi) is 5.44. The Labute approximate surface area is 123 Å². The number of nitrogens with zero attached hydrogens (tertiary/aromatic N) is 1. The summed E-state index contributed by atoms with van der Waals surface area (Å²) in [5.74, 6) is 0.738. The first-order valence-corrected chi connectivity index (χ1v) is 8.34. The third kappa shape index (κ3) is 4.74. The Morgan fingerprint density at radius 1 is 1.35 bits per heavy atom. The summed E-state index contributed by atoms with van der Waals surface area (Å²) in [6, 6.07) is 0.832. The maximum absolute atomic E-state index is 11.7. The normalized spacial score (nSPS) is 21.9. The molecule has 4 heteroatoms. The lowest BCUT2D eigenvalue weighted by atomic mass is 9.94. The van der Waals surface area contributed by atoms with Gasteiger partial charge in [-0.3, -0.25) is 4.79 Å². The molecule has 0 aromatic rings. The second-order valence-corrected chi connectivity index (χ2v) is 6.90. The Morgan fingerprint density at radius 3 is 2.55 bits per heavy atom. The number of hydrogen-bond donors (Lipinski definition) is 2. The van der Waals surface area contributed by atoms with Gasteiger partial charge < -0.3 is 16.0 Å². The van der Waals surface area contributed by atoms with Gasteiger partial charge in [-0.2, -0.15) is 0 Å². The molecule has 2 aliphatic rings. The second-order valence-electron chi connectivity index (χ2n) is 6.90. The lowest BCUT2D eigenvalue weighted by Crippen LogP contribution is -2.53. The lowest BCUT2D eigenvalue weighted by molar-refractivity contribution is -0.124. The van der Waals surface area contributed by atoms with E-state index in [2.05, 4.69) is 17.1 Å². The van der Waals surface area contributed by atoms with Gasteiger partial charge in [0.25, 0.3) is 0 Å². The summed E-state index contributed by atoms with van der Waals surface area (Å²) in [6.07, 6.45) is 8.50. The van der Waals surface area contributed by atoms with Crippen molar-refractivity contribution in [2.45, 2.75) is 70.4 Å². The molecule has 116 valence electrons. The van der Waals surface area contributed by atoms with Crippen molar-refractivity contribution in [1.82, 2.24) is 10.2 Å². The number of hydrogen-bond acceptors (Lipinski definition) is 3. The van der Waals surface area contributed by atoms with E-state index >= 15 is 0 Å². The molecule has 1 atom stereocenters. The zero-order chi connectivity index (χ0) is 14.6. The van der Waals surface area contributed by atoms with Gasteiger partial charge in [0.2, 0.25) is 5.91 Å². The average Bonchev–Trinajstić information content (AvgIpc) is 3.27. The first-order valence-electron chi connectivity index (χ1n) is 8.34. The van der Waals surface area contributed by atoms with Crippen LogP contribution in [0.4, 0.5) is 0 Å². The predicted molar refractivity (Wildman–Crippen MR) is 82.4 cm³/mol. The van der Waals surface area contributed by atoms with E-state index in [-0.39, 0.29) is 5.91 Å². The minimum atomic E-state index is -0.537. The number of rotatable bonds is 11. The highest BCUT2D eigenvalue weighted by atomic mass is 16.1. The van der Waals surface area contributed by atoms with E-state index in [1.54, 1.807) is 0 Å². The van der Waals surface area contributed by atoms with E-state index in [1.807, 2.05) is 6.92 Å². The number of nitrogens with two attached hydrogens (primary N) is 1. The highest BCUT2D eigenvalue weighted by molar-refractivity contribution is 5.84. The van der Waals surface area contributed by atoms with Gasteiger partial charge in [-0.05, 0) is 70.9 Å². The topological polar surface area (TPSA) is 58.4 Å². The van der Waals surface area contributed by atoms with Gasteiger partial charge in [0, 0.05) is 12.6 Å². The number of nitrogens with one attached hydrogen (secondary N) is 1. The lowest BCUT2D eigenvalue weighted by Gasteiger charge is -2.29. The van der Waals surface area contributed by atoms with E-state index in [1.165, 1.54) is 32.2 Å². The van der Waals surface area contributed by atoms with E-state index < -0.39 is 5.54 Å². The first-order chi connectivity index (χ1) is 9.55. The van der Waals surface area contributed by atoms with Gasteiger partial charge in [0.15, 0.2) is 0 Å². The van der Waals surface area contributed by atoms with Gasteiger partial charge >= 0.3 is 0 Å². The summed E-state index contributed by atoms with van der Waals surface area (Å²) in [6.45, 7) is 7.32. The van der Waals surface area contributed by atoms with Crippen LogP contribution in [0.5, 0.6) is 0 Å². The van der Waals surface area contributed by atoms with Gasteiger partial charge in [0.1, 0.15) is 0 Å². The van der Waals surface area contributed by atoms with Crippen molar-refractivity contribution in [2.24, 2.45) is 11.7 Å². The fourth-order valence-electron chi connectivity index (χ4n) is 2.83. The van der Waals surface area contributed by atoms with Gasteiger partial charge in [0.05, 0.1) is 5.54 Å². The molecule has 2 fully saturated rings. The minimum Gasteiger partial charge on any atom is -0.368 e. The van der Waals surface area contributed by atoms with Crippen molar-refractivity contribution in [1.29, 1.82) is 0 Å². The zero-order valence-corrected chi connectivity index (χ0v) is 13.2. The van der Waals surface area contributed by atoms with Crippen LogP contribution in [0.2, 0.25) is 0 Å². The maximum atomic E-state index is 11.7. The van der Waals surface area contributed by atoms with Crippen LogP contribution in [0.25, 0.3) is 0 Å². The van der Waals surface area contributed by atoms with Crippen LogP contribution in [-0.4, -0.2) is 42.0 Å². The summed E-state index contributed by atoms with van der Waals surface area (Å²) < 4.78 is 0. The smallest absolute Gasteiger partial charge is 0.237 e. The number of carbonyl (C=O) groups excluding carboxylic acids is 1.